The molecule has 112 valence electrons. The molecule has 0 spiro atoms. The minimum absolute atomic E-state index is 0.281. The Kier molecular flexibility index (Phi) is 6.77. The fourth-order valence-electron chi connectivity index (χ4n) is 2.03. The summed E-state index contributed by atoms with van der Waals surface area (Å²) < 4.78 is 7.81. The van der Waals surface area contributed by atoms with Crippen molar-refractivity contribution in [3.8, 4) is 5.75 Å². The zero-order valence-corrected chi connectivity index (χ0v) is 16.5. The Morgan fingerprint density at radius 1 is 1.10 bits per heavy atom. The number of alkyl halides is 1. The van der Waals surface area contributed by atoms with Crippen LogP contribution in [0.2, 0.25) is 0 Å². The van der Waals surface area contributed by atoms with Crippen LogP contribution in [-0.4, -0.2) is 6.61 Å². The third-order valence-electron chi connectivity index (χ3n) is 3.08. The zero-order valence-electron chi connectivity index (χ0n) is 11.8. The number of benzene rings is 2. The molecule has 0 N–H and O–H groups in total. The molecule has 0 saturated heterocycles. The molecule has 0 aromatic heterocycles. The molecule has 0 amide bonds. The van der Waals surface area contributed by atoms with E-state index in [4.69, 9.17) is 4.74 Å². The molecule has 21 heavy (non-hydrogen) atoms. The Morgan fingerprint density at radius 2 is 1.90 bits per heavy atom. The number of hydrogen-bond acceptors (Lipinski definition) is 1. The molecular weight excluding hydrogens is 460 g/mol. The molecule has 1 nitrogen and oxygen atoms in total. The van der Waals surface area contributed by atoms with E-state index in [2.05, 4.69) is 85.0 Å². The number of hydrogen-bond donors (Lipinski definition) is 0. The predicted molar refractivity (Wildman–Crippen MR) is 99.4 cm³/mol. The maximum atomic E-state index is 5.69. The molecule has 0 saturated carbocycles. The average Bonchev–Trinajstić information content (AvgIpc) is 2.46. The van der Waals surface area contributed by atoms with Gasteiger partial charge in [-0.25, -0.2) is 0 Å². The zero-order chi connectivity index (χ0) is 15.2. The van der Waals surface area contributed by atoms with Gasteiger partial charge >= 0.3 is 0 Å². The SMILES string of the molecule is CCCOc1ccc(C(Br)Cc2cccc(Br)c2)cc1Br. The van der Waals surface area contributed by atoms with Crippen molar-refractivity contribution in [1.29, 1.82) is 0 Å². The second kappa shape index (κ2) is 8.35. The van der Waals surface area contributed by atoms with Gasteiger partial charge in [0.25, 0.3) is 0 Å². The fourth-order valence-corrected chi connectivity index (χ4v) is 3.65. The van der Waals surface area contributed by atoms with E-state index < -0.39 is 0 Å². The predicted octanol–water partition coefficient (Wildman–Crippen LogP) is 6.68. The van der Waals surface area contributed by atoms with Crippen LogP contribution in [-0.2, 0) is 6.42 Å². The first-order valence-corrected chi connectivity index (χ1v) is 9.41. The molecule has 2 aromatic rings. The Balaban J connectivity index is 2.08. The summed E-state index contributed by atoms with van der Waals surface area (Å²) in [6, 6.07) is 14.7. The van der Waals surface area contributed by atoms with Crippen molar-refractivity contribution < 1.29 is 4.74 Å². The summed E-state index contributed by atoms with van der Waals surface area (Å²) in [5.41, 5.74) is 2.54. The smallest absolute Gasteiger partial charge is 0.133 e. The molecule has 0 heterocycles. The highest BCUT2D eigenvalue weighted by atomic mass is 79.9. The van der Waals surface area contributed by atoms with E-state index in [9.17, 15) is 0 Å². The summed E-state index contributed by atoms with van der Waals surface area (Å²) >= 11 is 10.9. The molecule has 1 unspecified atom stereocenters. The summed E-state index contributed by atoms with van der Waals surface area (Å²) in [7, 11) is 0. The minimum atomic E-state index is 0.281. The van der Waals surface area contributed by atoms with Crippen LogP contribution < -0.4 is 4.74 Å². The second-order valence-corrected chi connectivity index (χ2v) is 7.72. The molecule has 0 aliphatic rings. The maximum absolute atomic E-state index is 5.69. The van der Waals surface area contributed by atoms with E-state index in [1.807, 2.05) is 12.1 Å². The van der Waals surface area contributed by atoms with Gasteiger partial charge in [0, 0.05) is 9.30 Å². The lowest BCUT2D eigenvalue weighted by Gasteiger charge is -2.13. The second-order valence-electron chi connectivity index (χ2n) is 4.84. The number of halogens is 3. The fraction of sp³-hybridized carbons (Fsp3) is 0.294. The molecule has 1 atom stereocenters. The Morgan fingerprint density at radius 3 is 2.57 bits per heavy atom. The summed E-state index contributed by atoms with van der Waals surface area (Å²) in [6.07, 6.45) is 1.96. The minimum Gasteiger partial charge on any atom is -0.492 e. The largest absolute Gasteiger partial charge is 0.492 e. The maximum Gasteiger partial charge on any atom is 0.133 e. The van der Waals surface area contributed by atoms with E-state index in [1.54, 1.807) is 0 Å². The van der Waals surface area contributed by atoms with Crippen molar-refractivity contribution in [3.05, 3.63) is 62.5 Å². The Labute approximate surface area is 151 Å². The first kappa shape index (κ1) is 17.0. The van der Waals surface area contributed by atoms with E-state index in [-0.39, 0.29) is 4.83 Å². The Bertz CT molecular complexity index is 598. The van der Waals surface area contributed by atoms with Crippen molar-refractivity contribution in [3.63, 3.8) is 0 Å². The van der Waals surface area contributed by atoms with Gasteiger partial charge in [0.2, 0.25) is 0 Å². The summed E-state index contributed by atoms with van der Waals surface area (Å²) in [4.78, 5) is 0.281. The molecule has 4 heteroatoms. The van der Waals surface area contributed by atoms with Gasteiger partial charge < -0.3 is 4.74 Å². The summed E-state index contributed by atoms with van der Waals surface area (Å²) in [5, 5.41) is 0. The quantitative estimate of drug-likeness (QED) is 0.422. The number of rotatable bonds is 6. The van der Waals surface area contributed by atoms with Crippen molar-refractivity contribution in [2.45, 2.75) is 24.6 Å². The van der Waals surface area contributed by atoms with Gasteiger partial charge in [-0.3, -0.25) is 0 Å². The van der Waals surface area contributed by atoms with Gasteiger partial charge in [-0.15, -0.1) is 0 Å². The molecular formula is C17H17Br3O. The highest BCUT2D eigenvalue weighted by Crippen LogP contribution is 2.33. The van der Waals surface area contributed by atoms with Crippen LogP contribution in [0.5, 0.6) is 5.75 Å². The molecule has 2 rings (SSSR count). The van der Waals surface area contributed by atoms with Crippen LogP contribution in [0.4, 0.5) is 0 Å². The first-order valence-electron chi connectivity index (χ1n) is 6.91. The van der Waals surface area contributed by atoms with Crippen LogP contribution in [0.25, 0.3) is 0 Å². The molecule has 2 aromatic carbocycles. The van der Waals surface area contributed by atoms with Crippen molar-refractivity contribution in [2.24, 2.45) is 0 Å². The molecule has 0 bridgehead atoms. The van der Waals surface area contributed by atoms with Gasteiger partial charge in [-0.05, 0) is 64.2 Å². The lowest BCUT2D eigenvalue weighted by Crippen LogP contribution is -1.99. The molecule has 0 fully saturated rings. The standard InChI is InChI=1S/C17H17Br3O/c1-2-8-21-17-7-6-13(11-16(17)20)15(19)10-12-4-3-5-14(18)9-12/h3-7,9,11,15H,2,8,10H2,1H3. The van der Waals surface area contributed by atoms with E-state index >= 15 is 0 Å². The topological polar surface area (TPSA) is 9.23 Å². The monoisotopic (exact) mass is 474 g/mol. The van der Waals surface area contributed by atoms with Gasteiger partial charge in [0.1, 0.15) is 5.75 Å². The van der Waals surface area contributed by atoms with Gasteiger partial charge in [0.15, 0.2) is 0 Å². The van der Waals surface area contributed by atoms with Gasteiger partial charge in [-0.2, -0.15) is 0 Å². The van der Waals surface area contributed by atoms with Crippen molar-refractivity contribution in [2.75, 3.05) is 6.61 Å². The summed E-state index contributed by atoms with van der Waals surface area (Å²) in [5.74, 6) is 0.905. The van der Waals surface area contributed by atoms with Crippen LogP contribution in [0.1, 0.15) is 29.3 Å². The number of ether oxygens (including phenoxy) is 1. The van der Waals surface area contributed by atoms with Crippen LogP contribution in [0, 0.1) is 0 Å². The lowest BCUT2D eigenvalue weighted by molar-refractivity contribution is 0.315. The third-order valence-corrected chi connectivity index (χ3v) is 5.05. The average molecular weight is 477 g/mol. The molecule has 0 aliphatic heterocycles. The van der Waals surface area contributed by atoms with Gasteiger partial charge in [-0.1, -0.05) is 57.0 Å². The molecule has 0 radical (unpaired) electrons. The van der Waals surface area contributed by atoms with E-state index in [0.29, 0.717) is 0 Å². The van der Waals surface area contributed by atoms with Crippen LogP contribution in [0.3, 0.4) is 0 Å². The van der Waals surface area contributed by atoms with E-state index in [1.165, 1.54) is 11.1 Å². The highest BCUT2D eigenvalue weighted by Gasteiger charge is 2.11. The summed E-state index contributed by atoms with van der Waals surface area (Å²) in [6.45, 7) is 2.85. The normalized spacial score (nSPS) is 12.2. The third kappa shape index (κ3) is 5.11. The van der Waals surface area contributed by atoms with E-state index in [0.717, 1.165) is 34.1 Å². The first-order chi connectivity index (χ1) is 10.1. The van der Waals surface area contributed by atoms with Crippen molar-refractivity contribution >= 4 is 47.8 Å². The van der Waals surface area contributed by atoms with Crippen molar-refractivity contribution in [1.82, 2.24) is 0 Å². The van der Waals surface area contributed by atoms with Gasteiger partial charge in [0.05, 0.1) is 11.1 Å². The van der Waals surface area contributed by atoms with Crippen LogP contribution >= 0.6 is 47.8 Å². The highest BCUT2D eigenvalue weighted by molar-refractivity contribution is 9.11. The molecule has 0 aliphatic carbocycles. The van der Waals surface area contributed by atoms with Crippen LogP contribution in [0.15, 0.2) is 51.4 Å². The lowest BCUT2D eigenvalue weighted by atomic mass is 10.0. The Hall–Kier alpha value is -0.320.